The lowest BCUT2D eigenvalue weighted by molar-refractivity contribution is -0.00581. The Morgan fingerprint density at radius 1 is 1.20 bits per heavy atom. The molecule has 0 aliphatic carbocycles. The number of nitrogens with zero attached hydrogens (tertiary/aromatic N) is 1. The summed E-state index contributed by atoms with van der Waals surface area (Å²) in [5.74, 6) is 0. The molecule has 1 aromatic heterocycles. The van der Waals surface area contributed by atoms with Crippen LogP contribution in [0.15, 0.2) is 24.3 Å². The number of aliphatic hydroxyl groups excluding tert-OH is 1. The van der Waals surface area contributed by atoms with Crippen LogP contribution >= 0.6 is 57.4 Å². The van der Waals surface area contributed by atoms with Gasteiger partial charge in [-0.1, -0.05) is 40.9 Å². The Bertz CT molecular complexity index is 713. The van der Waals surface area contributed by atoms with Crippen molar-refractivity contribution in [1.29, 1.82) is 0 Å². The Balaban J connectivity index is 2.18. The molecule has 0 fully saturated rings. The fraction of sp³-hybridized carbons (Fsp3) is 0.231. The highest BCUT2D eigenvalue weighted by molar-refractivity contribution is 14.1. The van der Waals surface area contributed by atoms with E-state index in [1.54, 1.807) is 12.1 Å². The lowest BCUT2D eigenvalue weighted by Crippen LogP contribution is -2.15. The first-order chi connectivity index (χ1) is 9.52. The first kappa shape index (κ1) is 14.9. The molecule has 1 aliphatic rings. The van der Waals surface area contributed by atoms with Crippen LogP contribution in [0.1, 0.15) is 6.23 Å². The van der Waals surface area contributed by atoms with Gasteiger partial charge in [0.25, 0.3) is 0 Å². The van der Waals surface area contributed by atoms with Gasteiger partial charge in [-0.05, 0) is 40.8 Å². The molecule has 0 radical (unpaired) electrons. The summed E-state index contributed by atoms with van der Waals surface area (Å²) in [5, 5.41) is 11.6. The van der Waals surface area contributed by atoms with Crippen LogP contribution in [0, 0.1) is 3.57 Å². The molecule has 3 nitrogen and oxygen atoms in total. The van der Waals surface area contributed by atoms with Gasteiger partial charge in [0, 0.05) is 5.39 Å². The number of hydrogen-bond acceptors (Lipinski definition) is 2. The van der Waals surface area contributed by atoms with E-state index in [1.165, 1.54) is 0 Å². The molecule has 20 heavy (non-hydrogen) atoms. The first-order valence-corrected chi connectivity index (χ1v) is 8.02. The molecular formula is C13H9Cl3INO2. The monoisotopic (exact) mass is 443 g/mol. The van der Waals surface area contributed by atoms with Gasteiger partial charge >= 0.3 is 0 Å². The standard InChI is InChI=1S/C13H9Cl3INO2/c14-8-3-7-10(4-9(8)15)18(13(16)12(7)17)11-2-1-6(5-19)20-11/h1-4,6,11,19H,5H2/t6-,11+/m0/s1. The van der Waals surface area contributed by atoms with Gasteiger partial charge in [0.05, 0.1) is 25.7 Å². The zero-order chi connectivity index (χ0) is 14.4. The minimum atomic E-state index is -0.358. The van der Waals surface area contributed by atoms with Gasteiger partial charge in [0.1, 0.15) is 11.3 Å². The van der Waals surface area contributed by atoms with E-state index >= 15 is 0 Å². The molecule has 0 saturated carbocycles. The average molecular weight is 444 g/mol. The molecule has 0 bridgehead atoms. The smallest absolute Gasteiger partial charge is 0.155 e. The van der Waals surface area contributed by atoms with Crippen LogP contribution in [0.5, 0.6) is 0 Å². The Morgan fingerprint density at radius 2 is 1.90 bits per heavy atom. The van der Waals surface area contributed by atoms with Gasteiger partial charge in [0.15, 0.2) is 6.23 Å². The van der Waals surface area contributed by atoms with Gasteiger partial charge in [0.2, 0.25) is 0 Å². The molecule has 1 aromatic carbocycles. The maximum absolute atomic E-state index is 9.14. The Hall–Kier alpha value is 0.0200. The third-order valence-corrected chi connectivity index (χ3v) is 5.67. The molecular weight excluding hydrogens is 435 g/mol. The number of rotatable bonds is 2. The maximum atomic E-state index is 9.14. The third-order valence-electron chi connectivity index (χ3n) is 3.17. The fourth-order valence-corrected chi connectivity index (χ4v) is 3.52. The molecule has 1 N–H and O–H groups in total. The van der Waals surface area contributed by atoms with E-state index in [0.717, 1.165) is 14.5 Å². The van der Waals surface area contributed by atoms with E-state index in [-0.39, 0.29) is 18.9 Å². The van der Waals surface area contributed by atoms with Crippen molar-refractivity contribution in [2.75, 3.05) is 6.61 Å². The molecule has 0 saturated heterocycles. The SMILES string of the molecule is OC[C@@H]1C=C[C@H](n2c(Cl)c(I)c3cc(Cl)c(Cl)cc32)O1. The Labute approximate surface area is 144 Å². The summed E-state index contributed by atoms with van der Waals surface area (Å²) in [6, 6.07) is 3.57. The normalized spacial score (nSPS) is 22.1. The molecule has 3 rings (SSSR count). The zero-order valence-electron chi connectivity index (χ0n) is 9.99. The van der Waals surface area contributed by atoms with Gasteiger partial charge in [-0.2, -0.15) is 0 Å². The van der Waals surface area contributed by atoms with E-state index in [9.17, 15) is 0 Å². The average Bonchev–Trinajstić information content (AvgIpc) is 2.97. The summed E-state index contributed by atoms with van der Waals surface area (Å²) >= 11 is 20.7. The summed E-state index contributed by atoms with van der Waals surface area (Å²) in [5.41, 5.74) is 0.849. The van der Waals surface area contributed by atoms with Crippen LogP contribution in [-0.4, -0.2) is 22.4 Å². The van der Waals surface area contributed by atoms with E-state index in [4.69, 9.17) is 44.6 Å². The van der Waals surface area contributed by atoms with Crippen molar-refractivity contribution in [2.24, 2.45) is 0 Å². The largest absolute Gasteiger partial charge is 0.393 e. The third kappa shape index (κ3) is 2.36. The maximum Gasteiger partial charge on any atom is 0.155 e. The Morgan fingerprint density at radius 3 is 2.55 bits per heavy atom. The zero-order valence-corrected chi connectivity index (χ0v) is 14.4. The van der Waals surface area contributed by atoms with Crippen molar-refractivity contribution in [3.05, 3.63) is 43.1 Å². The first-order valence-electron chi connectivity index (χ1n) is 5.81. The predicted octanol–water partition coefficient (Wildman–Crippen LogP) is 4.65. The summed E-state index contributed by atoms with van der Waals surface area (Å²) in [4.78, 5) is 0. The molecule has 106 valence electrons. The van der Waals surface area contributed by atoms with Crippen LogP contribution in [0.4, 0.5) is 0 Å². The summed E-state index contributed by atoms with van der Waals surface area (Å²) in [6.45, 7) is -0.0620. The molecule has 2 heterocycles. The highest BCUT2D eigenvalue weighted by Crippen LogP contribution is 2.39. The minimum Gasteiger partial charge on any atom is -0.393 e. The van der Waals surface area contributed by atoms with Crippen molar-refractivity contribution in [3.8, 4) is 0 Å². The lowest BCUT2D eigenvalue weighted by atomic mass is 10.2. The van der Waals surface area contributed by atoms with Crippen LogP contribution in [0.3, 0.4) is 0 Å². The molecule has 0 unspecified atom stereocenters. The second-order valence-corrected chi connectivity index (χ2v) is 6.64. The highest BCUT2D eigenvalue weighted by atomic mass is 127. The van der Waals surface area contributed by atoms with Crippen molar-refractivity contribution in [1.82, 2.24) is 4.57 Å². The van der Waals surface area contributed by atoms with E-state index in [0.29, 0.717) is 15.2 Å². The predicted molar refractivity (Wildman–Crippen MR) is 89.8 cm³/mol. The summed E-state index contributed by atoms with van der Waals surface area (Å²) in [6.07, 6.45) is 3.01. The van der Waals surface area contributed by atoms with Gasteiger partial charge in [-0.25, -0.2) is 0 Å². The molecule has 0 spiro atoms. The van der Waals surface area contributed by atoms with E-state index in [1.807, 2.05) is 16.7 Å². The summed E-state index contributed by atoms with van der Waals surface area (Å²) in [7, 11) is 0. The van der Waals surface area contributed by atoms with E-state index in [2.05, 4.69) is 22.6 Å². The number of halogens is 4. The van der Waals surface area contributed by atoms with Crippen molar-refractivity contribution >= 4 is 68.3 Å². The molecule has 7 heteroatoms. The van der Waals surface area contributed by atoms with Gasteiger partial charge < -0.3 is 14.4 Å². The number of ether oxygens (including phenoxy) is 1. The van der Waals surface area contributed by atoms with Crippen molar-refractivity contribution in [3.63, 3.8) is 0 Å². The van der Waals surface area contributed by atoms with Crippen LogP contribution < -0.4 is 0 Å². The number of aliphatic hydroxyl groups is 1. The second-order valence-electron chi connectivity index (χ2n) is 4.39. The summed E-state index contributed by atoms with van der Waals surface area (Å²) < 4.78 is 8.44. The highest BCUT2D eigenvalue weighted by Gasteiger charge is 2.25. The molecule has 0 amide bonds. The number of hydrogen-bond donors (Lipinski definition) is 1. The quantitative estimate of drug-likeness (QED) is 0.541. The lowest BCUT2D eigenvalue weighted by Gasteiger charge is -2.16. The number of benzene rings is 1. The van der Waals surface area contributed by atoms with Gasteiger partial charge in [-0.3, -0.25) is 0 Å². The molecule has 2 aromatic rings. The van der Waals surface area contributed by atoms with Gasteiger partial charge in [-0.15, -0.1) is 0 Å². The van der Waals surface area contributed by atoms with Crippen LogP contribution in [0.25, 0.3) is 10.9 Å². The van der Waals surface area contributed by atoms with E-state index < -0.39 is 0 Å². The van der Waals surface area contributed by atoms with Crippen molar-refractivity contribution in [2.45, 2.75) is 12.3 Å². The topological polar surface area (TPSA) is 34.4 Å². The van der Waals surface area contributed by atoms with Crippen LogP contribution in [-0.2, 0) is 4.74 Å². The Kier molecular flexibility index (Phi) is 4.23. The number of fused-ring (bicyclic) bond motifs is 1. The fourth-order valence-electron chi connectivity index (χ4n) is 2.22. The number of aromatic nitrogens is 1. The minimum absolute atomic E-state index is 0.0620. The second kappa shape index (κ2) is 5.66. The molecule has 1 aliphatic heterocycles. The molecule has 2 atom stereocenters. The van der Waals surface area contributed by atoms with Crippen molar-refractivity contribution < 1.29 is 9.84 Å². The van der Waals surface area contributed by atoms with Crippen LogP contribution in [0.2, 0.25) is 15.2 Å².